The lowest BCUT2D eigenvalue weighted by molar-refractivity contribution is -0.384. The van der Waals surface area contributed by atoms with Gasteiger partial charge < -0.3 is 15.4 Å². The van der Waals surface area contributed by atoms with Crippen LogP contribution in [0.5, 0.6) is 5.75 Å². The third kappa shape index (κ3) is 4.06. The van der Waals surface area contributed by atoms with E-state index in [0.29, 0.717) is 27.3 Å². The van der Waals surface area contributed by atoms with Crippen molar-refractivity contribution in [3.63, 3.8) is 0 Å². The highest BCUT2D eigenvalue weighted by molar-refractivity contribution is 7.80. The van der Waals surface area contributed by atoms with Crippen LogP contribution in [0.1, 0.15) is 0 Å². The summed E-state index contributed by atoms with van der Waals surface area (Å²) in [5.41, 5.74) is 1.18. The first-order valence-corrected chi connectivity index (χ1v) is 6.94. The Hall–Kier alpha value is -2.38. The molecule has 0 amide bonds. The van der Waals surface area contributed by atoms with Gasteiger partial charge in [-0.3, -0.25) is 10.1 Å². The van der Waals surface area contributed by atoms with Crippen LogP contribution in [-0.2, 0) is 0 Å². The van der Waals surface area contributed by atoms with Crippen LogP contribution in [0.4, 0.5) is 17.1 Å². The van der Waals surface area contributed by atoms with Gasteiger partial charge in [0.2, 0.25) is 0 Å². The second-order valence-corrected chi connectivity index (χ2v) is 5.05. The van der Waals surface area contributed by atoms with Gasteiger partial charge in [-0.2, -0.15) is 0 Å². The summed E-state index contributed by atoms with van der Waals surface area (Å²) in [5, 5.41) is 17.3. The summed E-state index contributed by atoms with van der Waals surface area (Å²) in [6.45, 7) is 0. The Bertz CT molecular complexity index is 724. The molecule has 0 saturated heterocycles. The molecule has 6 nitrogen and oxygen atoms in total. The van der Waals surface area contributed by atoms with E-state index in [1.54, 1.807) is 30.3 Å². The van der Waals surface area contributed by atoms with Gasteiger partial charge in [-0.25, -0.2) is 0 Å². The van der Waals surface area contributed by atoms with E-state index in [1.165, 1.54) is 19.2 Å². The molecule has 0 unspecified atom stereocenters. The monoisotopic (exact) mass is 337 g/mol. The Morgan fingerprint density at radius 3 is 2.50 bits per heavy atom. The number of benzene rings is 2. The number of nitro groups is 1. The van der Waals surface area contributed by atoms with Crippen LogP contribution in [0.25, 0.3) is 0 Å². The summed E-state index contributed by atoms with van der Waals surface area (Å²) in [4.78, 5) is 10.3. The van der Waals surface area contributed by atoms with E-state index in [2.05, 4.69) is 10.6 Å². The van der Waals surface area contributed by atoms with Gasteiger partial charge in [-0.15, -0.1) is 0 Å². The second-order valence-electron chi connectivity index (χ2n) is 4.24. The van der Waals surface area contributed by atoms with E-state index >= 15 is 0 Å². The van der Waals surface area contributed by atoms with Crippen LogP contribution in [0.15, 0.2) is 42.5 Å². The topological polar surface area (TPSA) is 76.4 Å². The number of halogens is 1. The van der Waals surface area contributed by atoms with Gasteiger partial charge in [-0.1, -0.05) is 17.7 Å². The van der Waals surface area contributed by atoms with E-state index in [1.807, 2.05) is 0 Å². The molecule has 114 valence electrons. The first kappa shape index (κ1) is 16.0. The number of methoxy groups -OCH3 is 1. The molecule has 0 aromatic heterocycles. The van der Waals surface area contributed by atoms with Gasteiger partial charge >= 0.3 is 0 Å². The molecule has 0 aliphatic heterocycles. The first-order chi connectivity index (χ1) is 10.5. The second kappa shape index (κ2) is 7.06. The summed E-state index contributed by atoms with van der Waals surface area (Å²) >= 11 is 11.2. The zero-order valence-corrected chi connectivity index (χ0v) is 13.1. The van der Waals surface area contributed by atoms with Gasteiger partial charge in [0.25, 0.3) is 5.69 Å². The summed E-state index contributed by atoms with van der Waals surface area (Å²) in [5.74, 6) is 0.560. The lowest BCUT2D eigenvalue weighted by Gasteiger charge is -2.11. The maximum Gasteiger partial charge on any atom is 0.271 e. The molecule has 0 aliphatic carbocycles. The molecule has 0 radical (unpaired) electrons. The molecule has 0 aliphatic rings. The first-order valence-electron chi connectivity index (χ1n) is 6.15. The largest absolute Gasteiger partial charge is 0.495 e. The van der Waals surface area contributed by atoms with Crippen molar-refractivity contribution in [3.8, 4) is 5.75 Å². The normalized spacial score (nSPS) is 9.91. The fraction of sp³-hybridized carbons (Fsp3) is 0.0714. The number of anilines is 2. The molecule has 22 heavy (non-hydrogen) atoms. The molecule has 2 rings (SSSR count). The Labute approximate surface area is 137 Å². The van der Waals surface area contributed by atoms with Crippen LogP contribution >= 0.6 is 23.8 Å². The third-order valence-electron chi connectivity index (χ3n) is 2.72. The number of nitrogens with zero attached hydrogens (tertiary/aromatic N) is 1. The van der Waals surface area contributed by atoms with E-state index < -0.39 is 4.92 Å². The molecule has 0 spiro atoms. The van der Waals surface area contributed by atoms with Crippen LogP contribution in [0.2, 0.25) is 5.02 Å². The minimum Gasteiger partial charge on any atom is -0.495 e. The molecule has 2 N–H and O–H groups in total. The number of nitrogens with one attached hydrogen (secondary N) is 2. The van der Waals surface area contributed by atoms with Crippen molar-refractivity contribution < 1.29 is 9.66 Å². The fourth-order valence-electron chi connectivity index (χ4n) is 1.73. The third-order valence-corrected chi connectivity index (χ3v) is 3.22. The van der Waals surface area contributed by atoms with Crippen molar-refractivity contribution in [2.24, 2.45) is 0 Å². The van der Waals surface area contributed by atoms with Gasteiger partial charge in [0.1, 0.15) is 5.75 Å². The smallest absolute Gasteiger partial charge is 0.271 e. The number of hydrogen-bond acceptors (Lipinski definition) is 4. The minimum absolute atomic E-state index is 0.0136. The standard InChI is InChI=1S/C14H12ClN3O3S/c1-21-13-6-5-10(8-12(13)15)17-14(22)16-9-3-2-4-11(7-9)18(19)20/h2-8H,1H3,(H2,16,17,22). The minimum atomic E-state index is -0.467. The Morgan fingerprint density at radius 1 is 1.23 bits per heavy atom. The van der Waals surface area contributed by atoms with Crippen molar-refractivity contribution in [2.45, 2.75) is 0 Å². The maximum absolute atomic E-state index is 10.7. The van der Waals surface area contributed by atoms with E-state index in [0.717, 1.165) is 0 Å². The molecule has 0 heterocycles. The van der Waals surface area contributed by atoms with Crippen molar-refractivity contribution in [1.29, 1.82) is 0 Å². The Balaban J connectivity index is 2.05. The molecule has 0 saturated carbocycles. The van der Waals surface area contributed by atoms with Crippen molar-refractivity contribution in [3.05, 3.63) is 57.6 Å². The molecule has 0 bridgehead atoms. The number of thiocarbonyl (C=S) groups is 1. The average Bonchev–Trinajstić information content (AvgIpc) is 2.47. The predicted molar refractivity (Wildman–Crippen MR) is 90.9 cm³/mol. The lowest BCUT2D eigenvalue weighted by atomic mass is 10.3. The quantitative estimate of drug-likeness (QED) is 0.497. The summed E-state index contributed by atoms with van der Waals surface area (Å²) in [7, 11) is 1.53. The molecule has 0 atom stereocenters. The van der Waals surface area contributed by atoms with Gasteiger partial charge in [-0.05, 0) is 36.5 Å². The molecular formula is C14H12ClN3O3S. The van der Waals surface area contributed by atoms with Crippen molar-refractivity contribution in [1.82, 2.24) is 0 Å². The number of rotatable bonds is 4. The van der Waals surface area contributed by atoms with E-state index in [9.17, 15) is 10.1 Å². The summed E-state index contributed by atoms with van der Waals surface area (Å²) in [6, 6.07) is 11.2. The molecular weight excluding hydrogens is 326 g/mol. The average molecular weight is 338 g/mol. The fourth-order valence-corrected chi connectivity index (χ4v) is 2.23. The van der Waals surface area contributed by atoms with Crippen LogP contribution < -0.4 is 15.4 Å². The summed E-state index contributed by atoms with van der Waals surface area (Å²) < 4.78 is 5.06. The van der Waals surface area contributed by atoms with Gasteiger partial charge in [0, 0.05) is 23.5 Å². The highest BCUT2D eigenvalue weighted by atomic mass is 35.5. The van der Waals surface area contributed by atoms with Crippen molar-refractivity contribution >= 4 is 46.0 Å². The number of nitro benzene ring substituents is 1. The SMILES string of the molecule is COc1ccc(NC(=S)Nc2cccc([N+](=O)[O-])c2)cc1Cl. The number of non-ortho nitro benzene ring substituents is 1. The van der Waals surface area contributed by atoms with Crippen LogP contribution in [0, 0.1) is 10.1 Å². The molecule has 2 aromatic carbocycles. The number of ether oxygens (including phenoxy) is 1. The number of hydrogen-bond donors (Lipinski definition) is 2. The molecule has 8 heteroatoms. The zero-order valence-electron chi connectivity index (χ0n) is 11.5. The van der Waals surface area contributed by atoms with Crippen LogP contribution in [-0.4, -0.2) is 17.1 Å². The van der Waals surface area contributed by atoms with Gasteiger partial charge in [0.05, 0.1) is 17.1 Å². The Morgan fingerprint density at radius 2 is 1.91 bits per heavy atom. The Kier molecular flexibility index (Phi) is 5.13. The lowest BCUT2D eigenvalue weighted by Crippen LogP contribution is -2.19. The maximum atomic E-state index is 10.7. The summed E-state index contributed by atoms with van der Waals surface area (Å²) in [6.07, 6.45) is 0. The zero-order chi connectivity index (χ0) is 16.1. The predicted octanol–water partition coefficient (Wildman–Crippen LogP) is 4.07. The highest BCUT2D eigenvalue weighted by Crippen LogP contribution is 2.27. The van der Waals surface area contributed by atoms with Crippen LogP contribution in [0.3, 0.4) is 0 Å². The molecule has 0 fully saturated rings. The van der Waals surface area contributed by atoms with Gasteiger partial charge in [0.15, 0.2) is 5.11 Å². The van der Waals surface area contributed by atoms with E-state index in [4.69, 9.17) is 28.6 Å². The van der Waals surface area contributed by atoms with E-state index in [-0.39, 0.29) is 5.69 Å². The molecule has 2 aromatic rings. The highest BCUT2D eigenvalue weighted by Gasteiger charge is 2.07. The van der Waals surface area contributed by atoms with Crippen molar-refractivity contribution in [2.75, 3.05) is 17.7 Å².